The van der Waals surface area contributed by atoms with Gasteiger partial charge in [-0.2, -0.15) is 0 Å². The Kier molecular flexibility index (Phi) is 4.25. The molecule has 0 atom stereocenters. The van der Waals surface area contributed by atoms with Crippen LogP contribution < -0.4 is 0 Å². The van der Waals surface area contributed by atoms with Gasteiger partial charge in [-0.25, -0.2) is 9.59 Å². The molecular formula is C12H16N2O4. The summed E-state index contributed by atoms with van der Waals surface area (Å²) < 4.78 is 5.03. The molecule has 18 heavy (non-hydrogen) atoms. The van der Waals surface area contributed by atoms with Gasteiger partial charge in [-0.15, -0.1) is 5.06 Å². The van der Waals surface area contributed by atoms with Crippen LogP contribution in [0.3, 0.4) is 0 Å². The molecule has 0 aliphatic heterocycles. The lowest BCUT2D eigenvalue weighted by atomic mass is 10.2. The first-order valence-corrected chi connectivity index (χ1v) is 5.38. The smallest absolute Gasteiger partial charge is 0.442 e. The number of carbonyl (C=O) groups excluding carboxylic acids is 2. The summed E-state index contributed by atoms with van der Waals surface area (Å²) in [4.78, 5) is 31.8. The van der Waals surface area contributed by atoms with E-state index in [-0.39, 0.29) is 0 Å². The summed E-state index contributed by atoms with van der Waals surface area (Å²) in [6.07, 6.45) is 2.19. The third-order valence-corrected chi connectivity index (χ3v) is 1.79. The van der Waals surface area contributed by atoms with Crippen LogP contribution >= 0.6 is 0 Å². The van der Waals surface area contributed by atoms with Gasteiger partial charge in [-0.3, -0.25) is 4.98 Å². The number of hydrogen-bond acceptors (Lipinski definition) is 5. The van der Waals surface area contributed by atoms with Gasteiger partial charge in [0.2, 0.25) is 0 Å². The summed E-state index contributed by atoms with van der Waals surface area (Å²) in [6.45, 7) is 5.18. The number of amides is 1. The number of pyridine rings is 1. The largest absolute Gasteiger partial charge is 0.443 e. The molecule has 0 spiro atoms. The van der Waals surface area contributed by atoms with E-state index in [0.29, 0.717) is 5.56 Å². The van der Waals surface area contributed by atoms with Gasteiger partial charge in [0, 0.05) is 12.4 Å². The maximum absolute atomic E-state index is 11.6. The van der Waals surface area contributed by atoms with E-state index in [4.69, 9.17) is 9.57 Å². The minimum absolute atomic E-state index is 0.306. The first-order valence-electron chi connectivity index (χ1n) is 5.38. The predicted octanol–water partition coefficient (Wildman–Crippen LogP) is 2.02. The van der Waals surface area contributed by atoms with E-state index in [1.807, 2.05) is 0 Å². The summed E-state index contributed by atoms with van der Waals surface area (Å²) >= 11 is 0. The van der Waals surface area contributed by atoms with E-state index in [1.165, 1.54) is 31.6 Å². The van der Waals surface area contributed by atoms with Crippen LogP contribution in [0.2, 0.25) is 0 Å². The Hall–Kier alpha value is -2.11. The molecule has 0 N–H and O–H groups in total. The number of hydrogen-bond donors (Lipinski definition) is 0. The maximum Gasteiger partial charge on any atom is 0.443 e. The Morgan fingerprint density at radius 2 is 1.78 bits per heavy atom. The van der Waals surface area contributed by atoms with Gasteiger partial charge < -0.3 is 9.57 Å². The first kappa shape index (κ1) is 14.0. The van der Waals surface area contributed by atoms with Gasteiger partial charge in [0.1, 0.15) is 5.60 Å². The minimum Gasteiger partial charge on any atom is -0.442 e. The van der Waals surface area contributed by atoms with E-state index in [2.05, 4.69) is 4.98 Å². The van der Waals surface area contributed by atoms with Crippen LogP contribution in [0.4, 0.5) is 4.79 Å². The molecule has 1 aromatic rings. The molecule has 0 unspecified atom stereocenters. The van der Waals surface area contributed by atoms with Crippen molar-refractivity contribution in [2.45, 2.75) is 26.4 Å². The van der Waals surface area contributed by atoms with Crippen molar-refractivity contribution in [1.82, 2.24) is 10.0 Å². The van der Waals surface area contributed by atoms with Crippen LogP contribution in [-0.4, -0.2) is 34.8 Å². The standard InChI is InChI=1S/C12H16N2O4/c1-12(2,3)17-11(16)14(4)18-10(15)9-5-7-13-8-6-9/h5-8H,1-4H3. The molecule has 0 aliphatic carbocycles. The van der Waals surface area contributed by atoms with Crippen molar-refractivity contribution >= 4 is 12.1 Å². The topological polar surface area (TPSA) is 68.7 Å². The van der Waals surface area contributed by atoms with Crippen LogP contribution in [0, 0.1) is 0 Å². The lowest BCUT2D eigenvalue weighted by molar-refractivity contribution is -0.0931. The number of carbonyl (C=O) groups is 2. The van der Waals surface area contributed by atoms with Gasteiger partial charge in [-0.1, -0.05) is 0 Å². The maximum atomic E-state index is 11.6. The fraction of sp³-hybridized carbons (Fsp3) is 0.417. The first-order chi connectivity index (χ1) is 8.29. The van der Waals surface area contributed by atoms with Gasteiger partial charge >= 0.3 is 12.1 Å². The van der Waals surface area contributed by atoms with Crippen molar-refractivity contribution < 1.29 is 19.2 Å². The molecule has 0 aliphatic rings. The molecule has 98 valence electrons. The molecule has 0 bridgehead atoms. The molecule has 0 saturated heterocycles. The molecule has 1 amide bonds. The second kappa shape index (κ2) is 5.48. The zero-order valence-corrected chi connectivity index (χ0v) is 10.8. The zero-order chi connectivity index (χ0) is 13.8. The van der Waals surface area contributed by atoms with Crippen molar-refractivity contribution in [2.75, 3.05) is 7.05 Å². The second-order valence-electron chi connectivity index (χ2n) is 4.59. The predicted molar refractivity (Wildman–Crippen MR) is 63.6 cm³/mol. The van der Waals surface area contributed by atoms with Crippen molar-refractivity contribution in [3.8, 4) is 0 Å². The molecule has 6 nitrogen and oxygen atoms in total. The van der Waals surface area contributed by atoms with Gasteiger partial charge in [0.25, 0.3) is 0 Å². The highest BCUT2D eigenvalue weighted by Gasteiger charge is 2.22. The third kappa shape index (κ3) is 4.40. The molecule has 0 aromatic carbocycles. The normalized spacial score (nSPS) is 10.7. The fourth-order valence-corrected chi connectivity index (χ4v) is 1.03. The summed E-state index contributed by atoms with van der Waals surface area (Å²) in [5, 5.41) is 0.758. The molecule has 1 aromatic heterocycles. The average Bonchev–Trinajstić information content (AvgIpc) is 2.27. The van der Waals surface area contributed by atoms with Crippen LogP contribution in [0.5, 0.6) is 0 Å². The van der Waals surface area contributed by atoms with Gasteiger partial charge in [-0.05, 0) is 32.9 Å². The van der Waals surface area contributed by atoms with Crippen LogP contribution in [0.1, 0.15) is 31.1 Å². The molecule has 6 heteroatoms. The molecular weight excluding hydrogens is 236 g/mol. The van der Waals surface area contributed by atoms with Crippen LogP contribution in [0.15, 0.2) is 24.5 Å². The average molecular weight is 252 g/mol. The van der Waals surface area contributed by atoms with E-state index in [9.17, 15) is 9.59 Å². The third-order valence-electron chi connectivity index (χ3n) is 1.79. The Morgan fingerprint density at radius 1 is 1.22 bits per heavy atom. The Morgan fingerprint density at radius 3 is 2.28 bits per heavy atom. The number of nitrogens with zero attached hydrogens (tertiary/aromatic N) is 2. The Balaban J connectivity index is 2.58. The lowest BCUT2D eigenvalue weighted by Gasteiger charge is -2.23. The number of aromatic nitrogens is 1. The summed E-state index contributed by atoms with van der Waals surface area (Å²) in [5.41, 5.74) is -0.338. The van der Waals surface area contributed by atoms with Crippen LogP contribution in [0.25, 0.3) is 0 Å². The highest BCUT2D eigenvalue weighted by atomic mass is 16.8. The van der Waals surface area contributed by atoms with E-state index in [1.54, 1.807) is 20.8 Å². The van der Waals surface area contributed by atoms with Gasteiger partial charge in [0.05, 0.1) is 12.6 Å². The van der Waals surface area contributed by atoms with Crippen molar-refractivity contribution in [3.63, 3.8) is 0 Å². The van der Waals surface area contributed by atoms with Crippen LogP contribution in [-0.2, 0) is 9.57 Å². The van der Waals surface area contributed by atoms with Gasteiger partial charge in [0.15, 0.2) is 0 Å². The van der Waals surface area contributed by atoms with Crippen molar-refractivity contribution in [2.24, 2.45) is 0 Å². The lowest BCUT2D eigenvalue weighted by Crippen LogP contribution is -2.35. The molecule has 0 radical (unpaired) electrons. The number of ether oxygens (including phenoxy) is 1. The molecule has 1 rings (SSSR count). The SMILES string of the molecule is CN(OC(=O)c1ccncc1)C(=O)OC(C)(C)C. The van der Waals surface area contributed by atoms with E-state index < -0.39 is 17.7 Å². The summed E-state index contributed by atoms with van der Waals surface area (Å²) in [5.74, 6) is -0.647. The molecule has 0 fully saturated rings. The highest BCUT2D eigenvalue weighted by Crippen LogP contribution is 2.10. The monoisotopic (exact) mass is 252 g/mol. The fourth-order valence-electron chi connectivity index (χ4n) is 1.03. The number of rotatable bonds is 1. The van der Waals surface area contributed by atoms with Crippen molar-refractivity contribution in [1.29, 1.82) is 0 Å². The molecule has 0 saturated carbocycles. The number of hydroxylamine groups is 2. The quantitative estimate of drug-likeness (QED) is 0.715. The van der Waals surface area contributed by atoms with Crippen molar-refractivity contribution in [3.05, 3.63) is 30.1 Å². The highest BCUT2D eigenvalue weighted by molar-refractivity contribution is 5.89. The second-order valence-corrected chi connectivity index (χ2v) is 4.59. The van der Waals surface area contributed by atoms with E-state index >= 15 is 0 Å². The summed E-state index contributed by atoms with van der Waals surface area (Å²) in [6, 6.07) is 2.98. The zero-order valence-electron chi connectivity index (χ0n) is 10.8. The molecule has 1 heterocycles. The Labute approximate surface area is 105 Å². The van der Waals surface area contributed by atoms with E-state index in [0.717, 1.165) is 5.06 Å². The Bertz CT molecular complexity index is 425. The summed E-state index contributed by atoms with van der Waals surface area (Å²) in [7, 11) is 1.31. The minimum atomic E-state index is -0.732.